The van der Waals surface area contributed by atoms with Gasteiger partial charge in [-0.2, -0.15) is 0 Å². The monoisotopic (exact) mass is 514 g/mol. The van der Waals surface area contributed by atoms with Crippen LogP contribution in [0.25, 0.3) is 21.5 Å². The number of halogens is 4. The van der Waals surface area contributed by atoms with E-state index < -0.39 is 0 Å². The van der Waals surface area contributed by atoms with Gasteiger partial charge in [0.25, 0.3) is 0 Å². The van der Waals surface area contributed by atoms with Crippen molar-refractivity contribution in [3.05, 3.63) is 127 Å². The molecule has 0 aliphatic carbocycles. The molecule has 0 unspecified atom stereocenters. The number of rotatable bonds is 0. The van der Waals surface area contributed by atoms with Crippen LogP contribution in [0.5, 0.6) is 0 Å². The molecule has 0 saturated carbocycles. The normalized spacial score (nSPS) is 10.5. The van der Waals surface area contributed by atoms with Crippen LogP contribution in [0.15, 0.2) is 84.9 Å². The second-order valence-electron chi connectivity index (χ2n) is 7.57. The van der Waals surface area contributed by atoms with Gasteiger partial charge in [-0.25, -0.2) is 0 Å². The van der Waals surface area contributed by atoms with Crippen molar-refractivity contribution in [2.75, 3.05) is 0 Å². The average molecular weight is 516 g/mol. The van der Waals surface area contributed by atoms with Crippen LogP contribution in [0.4, 0.5) is 0 Å². The fourth-order valence-electron chi connectivity index (χ4n) is 3.84. The summed E-state index contributed by atoms with van der Waals surface area (Å²) in [6.45, 7) is 0. The summed E-state index contributed by atoms with van der Waals surface area (Å²) in [6, 6.07) is 26.7. The van der Waals surface area contributed by atoms with Crippen molar-refractivity contribution in [1.29, 1.82) is 0 Å². The van der Waals surface area contributed by atoms with E-state index in [1.54, 1.807) is 12.1 Å². The molecule has 0 spiro atoms. The molecule has 0 amide bonds. The van der Waals surface area contributed by atoms with Gasteiger partial charge in [-0.1, -0.05) is 106 Å². The molecule has 0 atom stereocenters. The van der Waals surface area contributed by atoms with E-state index in [4.69, 9.17) is 46.4 Å². The molecule has 5 aromatic carbocycles. The maximum Gasteiger partial charge on any atom is 0.0599 e. The first kappa shape index (κ1) is 22.7. The predicted octanol–water partition coefficient (Wildman–Crippen LogP) is 9.41. The summed E-state index contributed by atoms with van der Waals surface area (Å²) in [4.78, 5) is 0. The lowest BCUT2D eigenvalue weighted by Gasteiger charge is -2.14. The fraction of sp³-hybridized carbons (Fsp3) is 0. The van der Waals surface area contributed by atoms with Gasteiger partial charge in [0.05, 0.1) is 10.0 Å². The van der Waals surface area contributed by atoms with E-state index in [1.165, 1.54) is 0 Å². The molecule has 0 aliphatic rings. The Morgan fingerprint density at radius 2 is 0.794 bits per heavy atom. The summed E-state index contributed by atoms with van der Waals surface area (Å²) >= 11 is 26.4. The molecule has 5 rings (SSSR count). The summed E-state index contributed by atoms with van der Waals surface area (Å²) < 4.78 is 0. The minimum absolute atomic E-state index is 0.427. The maximum atomic E-state index is 6.74. The lowest BCUT2D eigenvalue weighted by molar-refractivity contribution is 1.64. The Bertz CT molecular complexity index is 1550. The predicted molar refractivity (Wildman–Crippen MR) is 146 cm³/mol. The van der Waals surface area contributed by atoms with Gasteiger partial charge in [0.15, 0.2) is 0 Å². The van der Waals surface area contributed by atoms with Gasteiger partial charge in [-0.05, 0) is 48.5 Å². The molecule has 4 heteroatoms. The van der Waals surface area contributed by atoms with E-state index in [2.05, 4.69) is 23.7 Å². The molecule has 34 heavy (non-hydrogen) atoms. The van der Waals surface area contributed by atoms with Crippen LogP contribution < -0.4 is 0 Å². The highest BCUT2D eigenvalue weighted by molar-refractivity contribution is 6.44. The summed E-state index contributed by atoms with van der Waals surface area (Å²) in [5.74, 6) is 13.1. The van der Waals surface area contributed by atoms with Crippen molar-refractivity contribution in [3.63, 3.8) is 0 Å². The molecular formula is C30H14Cl4. The van der Waals surface area contributed by atoms with Gasteiger partial charge in [-0.15, -0.1) is 0 Å². The first-order chi connectivity index (χ1) is 16.5. The van der Waals surface area contributed by atoms with Gasteiger partial charge >= 0.3 is 0 Å². The highest BCUT2D eigenvalue weighted by Crippen LogP contribution is 2.42. The molecular weight excluding hydrogens is 502 g/mol. The van der Waals surface area contributed by atoms with E-state index in [9.17, 15) is 0 Å². The van der Waals surface area contributed by atoms with Crippen molar-refractivity contribution < 1.29 is 0 Å². The minimum atomic E-state index is 0.427. The Kier molecular flexibility index (Phi) is 6.43. The van der Waals surface area contributed by atoms with Gasteiger partial charge < -0.3 is 0 Å². The zero-order valence-corrected chi connectivity index (χ0v) is 20.6. The summed E-state index contributed by atoms with van der Waals surface area (Å²) in [5, 5.41) is 5.02. The summed E-state index contributed by atoms with van der Waals surface area (Å²) in [5.41, 5.74) is 3.22. The minimum Gasteiger partial charge on any atom is -0.0836 e. The third-order valence-corrected chi connectivity index (χ3v) is 6.77. The van der Waals surface area contributed by atoms with Crippen LogP contribution in [0.2, 0.25) is 20.1 Å². The Morgan fingerprint density at radius 1 is 0.412 bits per heavy atom. The zero-order chi connectivity index (χ0) is 23.7. The van der Waals surface area contributed by atoms with Crippen molar-refractivity contribution in [3.8, 4) is 23.7 Å². The molecule has 0 aliphatic heterocycles. The van der Waals surface area contributed by atoms with E-state index in [0.29, 0.717) is 20.1 Å². The quantitative estimate of drug-likeness (QED) is 0.142. The molecule has 0 heterocycles. The smallest absolute Gasteiger partial charge is 0.0599 e. The SMILES string of the molecule is Clc1cc2c(C#Cc3ccccc3)c3c(Cl)ccc(Cl)c3c(C#Cc3ccccc3)c2cc1Cl. The topological polar surface area (TPSA) is 0 Å². The molecule has 0 saturated heterocycles. The Labute approximate surface area is 218 Å². The number of benzene rings is 5. The fourth-order valence-corrected chi connectivity index (χ4v) is 4.67. The van der Waals surface area contributed by atoms with Gasteiger partial charge in [-0.3, -0.25) is 0 Å². The standard InChI is InChI=1S/C30H14Cl4/c31-25-15-16-26(32)30-22(14-12-20-9-5-2-6-10-20)24-18-28(34)27(33)17-23(24)21(29(25)30)13-11-19-7-3-1-4-8-19/h1-10,15-18H. The van der Waals surface area contributed by atoms with Crippen LogP contribution in [0.3, 0.4) is 0 Å². The van der Waals surface area contributed by atoms with E-state index >= 15 is 0 Å². The van der Waals surface area contributed by atoms with E-state index in [-0.39, 0.29) is 0 Å². The maximum absolute atomic E-state index is 6.74. The van der Waals surface area contributed by atoms with Crippen molar-refractivity contribution in [2.24, 2.45) is 0 Å². The van der Waals surface area contributed by atoms with Gasteiger partial charge in [0.1, 0.15) is 0 Å². The van der Waals surface area contributed by atoms with Gasteiger partial charge in [0.2, 0.25) is 0 Å². The van der Waals surface area contributed by atoms with Crippen molar-refractivity contribution in [1.82, 2.24) is 0 Å². The highest BCUT2D eigenvalue weighted by atomic mass is 35.5. The largest absolute Gasteiger partial charge is 0.0836 e. The van der Waals surface area contributed by atoms with Crippen LogP contribution in [0.1, 0.15) is 22.3 Å². The van der Waals surface area contributed by atoms with Crippen LogP contribution in [-0.4, -0.2) is 0 Å². The Morgan fingerprint density at radius 3 is 1.18 bits per heavy atom. The second kappa shape index (κ2) is 9.64. The van der Waals surface area contributed by atoms with Crippen molar-refractivity contribution >= 4 is 67.9 Å². The van der Waals surface area contributed by atoms with E-state index in [1.807, 2.05) is 72.8 Å². The Balaban J connectivity index is 1.93. The molecule has 0 fully saturated rings. The first-order valence-electron chi connectivity index (χ1n) is 10.4. The molecule has 0 bridgehead atoms. The summed E-state index contributed by atoms with van der Waals surface area (Å²) in [6.07, 6.45) is 0. The second-order valence-corrected chi connectivity index (χ2v) is 9.20. The molecule has 0 aromatic heterocycles. The van der Waals surface area contributed by atoms with Crippen LogP contribution in [0, 0.1) is 23.7 Å². The van der Waals surface area contributed by atoms with Gasteiger partial charge in [0, 0.05) is 53.8 Å². The molecule has 0 nitrogen and oxygen atoms in total. The van der Waals surface area contributed by atoms with Crippen molar-refractivity contribution in [2.45, 2.75) is 0 Å². The number of hydrogen-bond donors (Lipinski definition) is 0. The third kappa shape index (κ3) is 4.35. The molecule has 162 valence electrons. The number of fused-ring (bicyclic) bond motifs is 2. The first-order valence-corrected chi connectivity index (χ1v) is 11.9. The molecule has 5 aromatic rings. The summed E-state index contributed by atoms with van der Waals surface area (Å²) in [7, 11) is 0. The van der Waals surface area contributed by atoms with Crippen LogP contribution in [-0.2, 0) is 0 Å². The Hall–Kier alpha value is -3.10. The lowest BCUT2D eigenvalue weighted by Crippen LogP contribution is -1.93. The number of hydrogen-bond acceptors (Lipinski definition) is 0. The highest BCUT2D eigenvalue weighted by Gasteiger charge is 2.18. The average Bonchev–Trinajstić information content (AvgIpc) is 2.86. The third-order valence-electron chi connectivity index (χ3n) is 5.41. The van der Waals surface area contributed by atoms with E-state index in [0.717, 1.165) is 43.8 Å². The molecule has 0 radical (unpaired) electrons. The zero-order valence-electron chi connectivity index (χ0n) is 17.6. The van der Waals surface area contributed by atoms with Crippen LogP contribution >= 0.6 is 46.4 Å². The lowest BCUT2D eigenvalue weighted by atomic mass is 9.91. The molecule has 0 N–H and O–H groups in total.